The van der Waals surface area contributed by atoms with E-state index in [9.17, 15) is 14.0 Å². The first-order chi connectivity index (χ1) is 10.4. The van der Waals surface area contributed by atoms with Crippen LogP contribution in [-0.2, 0) is 16.1 Å². The number of nitrogens with one attached hydrogen (secondary N) is 1. The fraction of sp³-hybridized carbons (Fsp3) is 0.529. The van der Waals surface area contributed by atoms with Crippen LogP contribution in [0.25, 0.3) is 0 Å². The van der Waals surface area contributed by atoms with E-state index >= 15 is 0 Å². The summed E-state index contributed by atoms with van der Waals surface area (Å²) in [7, 11) is 0. The minimum absolute atomic E-state index is 0.0477. The Morgan fingerprint density at radius 2 is 2.18 bits per heavy atom. The van der Waals surface area contributed by atoms with Gasteiger partial charge < -0.3 is 10.2 Å². The van der Waals surface area contributed by atoms with Gasteiger partial charge in [-0.3, -0.25) is 9.59 Å². The van der Waals surface area contributed by atoms with Crippen molar-refractivity contribution in [2.45, 2.75) is 33.7 Å². The Morgan fingerprint density at radius 3 is 2.82 bits per heavy atom. The maximum Gasteiger partial charge on any atom is 0.225 e. The third-order valence-electron chi connectivity index (χ3n) is 3.86. The van der Waals surface area contributed by atoms with Gasteiger partial charge >= 0.3 is 0 Å². The summed E-state index contributed by atoms with van der Waals surface area (Å²) in [5.74, 6) is -0.199. The molecule has 0 bridgehead atoms. The first-order valence-electron chi connectivity index (χ1n) is 7.67. The summed E-state index contributed by atoms with van der Waals surface area (Å²) in [5, 5.41) is 2.84. The number of carbonyl (C=O) groups excluding carboxylic acids is 2. The van der Waals surface area contributed by atoms with Crippen LogP contribution in [-0.4, -0.2) is 29.8 Å². The second-order valence-electron chi connectivity index (χ2n) is 6.39. The average Bonchev–Trinajstić information content (AvgIpc) is 2.80. The first kappa shape index (κ1) is 16.5. The number of benzene rings is 1. The second-order valence-corrected chi connectivity index (χ2v) is 6.39. The van der Waals surface area contributed by atoms with Crippen LogP contribution in [0, 0.1) is 24.6 Å². The topological polar surface area (TPSA) is 49.4 Å². The van der Waals surface area contributed by atoms with E-state index in [0.717, 1.165) is 5.56 Å². The van der Waals surface area contributed by atoms with E-state index in [4.69, 9.17) is 0 Å². The van der Waals surface area contributed by atoms with E-state index in [1.54, 1.807) is 24.0 Å². The number of hydrogen-bond acceptors (Lipinski definition) is 2. The SMILES string of the molecule is Cc1cc(CNC(=O)C2CC(=O)N(CC(C)C)C2)ccc1F. The van der Waals surface area contributed by atoms with E-state index in [2.05, 4.69) is 19.2 Å². The monoisotopic (exact) mass is 306 g/mol. The lowest BCUT2D eigenvalue weighted by molar-refractivity contribution is -0.129. The third kappa shape index (κ3) is 4.06. The van der Waals surface area contributed by atoms with Crippen molar-refractivity contribution in [2.24, 2.45) is 11.8 Å². The van der Waals surface area contributed by atoms with Crippen LogP contribution in [0.5, 0.6) is 0 Å². The summed E-state index contributed by atoms with van der Waals surface area (Å²) < 4.78 is 13.2. The van der Waals surface area contributed by atoms with E-state index in [1.807, 2.05) is 0 Å². The third-order valence-corrected chi connectivity index (χ3v) is 3.86. The van der Waals surface area contributed by atoms with Crippen molar-refractivity contribution in [3.05, 3.63) is 35.1 Å². The van der Waals surface area contributed by atoms with Gasteiger partial charge in [-0.15, -0.1) is 0 Å². The van der Waals surface area contributed by atoms with E-state index in [1.165, 1.54) is 6.07 Å². The smallest absolute Gasteiger partial charge is 0.225 e. The van der Waals surface area contributed by atoms with Gasteiger partial charge in [0.15, 0.2) is 0 Å². The first-order valence-corrected chi connectivity index (χ1v) is 7.67. The molecule has 1 atom stereocenters. The molecule has 0 aliphatic carbocycles. The molecule has 0 spiro atoms. The van der Waals surface area contributed by atoms with Crippen LogP contribution in [0.4, 0.5) is 4.39 Å². The highest BCUT2D eigenvalue weighted by Crippen LogP contribution is 2.19. The molecule has 1 aromatic rings. The fourth-order valence-electron chi connectivity index (χ4n) is 2.72. The van der Waals surface area contributed by atoms with Gasteiger partial charge in [0.05, 0.1) is 5.92 Å². The molecule has 1 aliphatic rings. The predicted molar refractivity (Wildman–Crippen MR) is 82.5 cm³/mol. The standard InChI is InChI=1S/C17H23FN2O2/c1-11(2)9-20-10-14(7-16(20)21)17(22)19-8-13-4-5-15(18)12(3)6-13/h4-6,11,14H,7-10H2,1-3H3,(H,19,22). The summed E-state index contributed by atoms with van der Waals surface area (Å²) in [6.07, 6.45) is 0.279. The van der Waals surface area contributed by atoms with Crippen LogP contribution in [0.2, 0.25) is 0 Å². The summed E-state index contributed by atoms with van der Waals surface area (Å²) >= 11 is 0. The molecule has 1 saturated heterocycles. The molecule has 120 valence electrons. The van der Waals surface area contributed by atoms with E-state index in [-0.39, 0.29) is 30.0 Å². The molecule has 2 amide bonds. The molecule has 22 heavy (non-hydrogen) atoms. The molecule has 1 unspecified atom stereocenters. The van der Waals surface area contributed by atoms with Gasteiger partial charge in [0.1, 0.15) is 5.82 Å². The zero-order valence-electron chi connectivity index (χ0n) is 13.4. The molecule has 5 heteroatoms. The van der Waals surface area contributed by atoms with Crippen LogP contribution in [0.3, 0.4) is 0 Å². The molecule has 1 aliphatic heterocycles. The maximum atomic E-state index is 13.2. The Labute approximate surface area is 130 Å². The van der Waals surface area contributed by atoms with Crippen molar-refractivity contribution < 1.29 is 14.0 Å². The van der Waals surface area contributed by atoms with Gasteiger partial charge in [-0.2, -0.15) is 0 Å². The zero-order chi connectivity index (χ0) is 16.3. The van der Waals surface area contributed by atoms with Crippen LogP contribution >= 0.6 is 0 Å². The Morgan fingerprint density at radius 1 is 1.45 bits per heavy atom. The second kappa shape index (κ2) is 6.90. The summed E-state index contributed by atoms with van der Waals surface area (Å²) in [6.45, 7) is 7.34. The highest BCUT2D eigenvalue weighted by Gasteiger charge is 2.34. The number of hydrogen-bond donors (Lipinski definition) is 1. The Balaban J connectivity index is 1.87. The lowest BCUT2D eigenvalue weighted by Gasteiger charge is -2.18. The van der Waals surface area contributed by atoms with Crippen LogP contribution < -0.4 is 5.32 Å². The number of aryl methyl sites for hydroxylation is 1. The minimum atomic E-state index is -0.284. The van der Waals surface area contributed by atoms with Gasteiger partial charge in [0, 0.05) is 26.1 Å². The highest BCUT2D eigenvalue weighted by atomic mass is 19.1. The predicted octanol–water partition coefficient (Wildman–Crippen LogP) is 2.25. The molecule has 0 radical (unpaired) electrons. The van der Waals surface area contributed by atoms with Gasteiger partial charge in [0.25, 0.3) is 0 Å². The molecule has 0 saturated carbocycles. The maximum absolute atomic E-state index is 13.2. The number of halogens is 1. The number of amides is 2. The molecule has 1 fully saturated rings. The lowest BCUT2D eigenvalue weighted by Crippen LogP contribution is -2.33. The molecular weight excluding hydrogens is 283 g/mol. The molecule has 4 nitrogen and oxygen atoms in total. The van der Waals surface area contributed by atoms with E-state index < -0.39 is 0 Å². The van der Waals surface area contributed by atoms with Gasteiger partial charge in [-0.25, -0.2) is 4.39 Å². The van der Waals surface area contributed by atoms with Crippen molar-refractivity contribution in [1.82, 2.24) is 10.2 Å². The largest absolute Gasteiger partial charge is 0.352 e. The molecule has 1 aromatic carbocycles. The number of nitrogens with zero attached hydrogens (tertiary/aromatic N) is 1. The summed E-state index contributed by atoms with van der Waals surface area (Å²) in [4.78, 5) is 25.8. The Bertz CT molecular complexity index is 572. The van der Waals surface area contributed by atoms with Crippen LogP contribution in [0.15, 0.2) is 18.2 Å². The van der Waals surface area contributed by atoms with Crippen molar-refractivity contribution in [2.75, 3.05) is 13.1 Å². The normalized spacial score (nSPS) is 18.1. The van der Waals surface area contributed by atoms with Crippen molar-refractivity contribution >= 4 is 11.8 Å². The number of carbonyl (C=O) groups is 2. The molecule has 1 N–H and O–H groups in total. The summed E-state index contributed by atoms with van der Waals surface area (Å²) in [5.41, 5.74) is 1.42. The Hall–Kier alpha value is -1.91. The number of rotatable bonds is 5. The lowest BCUT2D eigenvalue weighted by atomic mass is 10.1. The average molecular weight is 306 g/mol. The zero-order valence-corrected chi connectivity index (χ0v) is 13.4. The molecular formula is C17H23FN2O2. The van der Waals surface area contributed by atoms with Crippen molar-refractivity contribution in [1.29, 1.82) is 0 Å². The van der Waals surface area contributed by atoms with Gasteiger partial charge in [-0.1, -0.05) is 26.0 Å². The minimum Gasteiger partial charge on any atom is -0.352 e. The quantitative estimate of drug-likeness (QED) is 0.907. The molecule has 0 aromatic heterocycles. The van der Waals surface area contributed by atoms with E-state index in [0.29, 0.717) is 31.1 Å². The number of likely N-dealkylation sites (tertiary alicyclic amines) is 1. The molecule has 1 heterocycles. The van der Waals surface area contributed by atoms with Gasteiger partial charge in [-0.05, 0) is 30.0 Å². The molecule has 2 rings (SSSR count). The Kier molecular flexibility index (Phi) is 5.16. The van der Waals surface area contributed by atoms with Crippen molar-refractivity contribution in [3.8, 4) is 0 Å². The van der Waals surface area contributed by atoms with Crippen molar-refractivity contribution in [3.63, 3.8) is 0 Å². The fourth-order valence-corrected chi connectivity index (χ4v) is 2.72. The van der Waals surface area contributed by atoms with Crippen LogP contribution in [0.1, 0.15) is 31.4 Å². The van der Waals surface area contributed by atoms with Gasteiger partial charge in [0.2, 0.25) is 11.8 Å². The highest BCUT2D eigenvalue weighted by molar-refractivity contribution is 5.89. The summed E-state index contributed by atoms with van der Waals surface area (Å²) in [6, 6.07) is 4.79.